The highest BCUT2D eigenvalue weighted by molar-refractivity contribution is 7.98. The van der Waals surface area contributed by atoms with Crippen molar-refractivity contribution < 1.29 is 0 Å². The van der Waals surface area contributed by atoms with Crippen molar-refractivity contribution >= 4 is 33.3 Å². The molecule has 27 heavy (non-hydrogen) atoms. The fraction of sp³-hybridized carbons (Fsp3) is 0.136. The van der Waals surface area contributed by atoms with Gasteiger partial charge in [-0.2, -0.15) is 5.26 Å². The van der Waals surface area contributed by atoms with Crippen LogP contribution in [0.5, 0.6) is 0 Å². The van der Waals surface area contributed by atoms with Crippen LogP contribution in [0.3, 0.4) is 0 Å². The average Bonchev–Trinajstić information content (AvgIpc) is 3.13. The van der Waals surface area contributed by atoms with Crippen molar-refractivity contribution in [3.63, 3.8) is 0 Å². The minimum absolute atomic E-state index is 0.706. The lowest BCUT2D eigenvalue weighted by Crippen LogP contribution is -1.90. The first kappa shape index (κ1) is 17.7. The number of aryl methyl sites for hydroxylation is 2. The van der Waals surface area contributed by atoms with Crippen molar-refractivity contribution in [2.24, 2.45) is 0 Å². The van der Waals surface area contributed by atoms with Crippen molar-refractivity contribution in [2.75, 3.05) is 0 Å². The first-order valence-electron chi connectivity index (χ1n) is 8.58. The molecule has 4 rings (SSSR count). The molecule has 5 heteroatoms. The second-order valence-electron chi connectivity index (χ2n) is 6.37. The van der Waals surface area contributed by atoms with Crippen molar-refractivity contribution in [3.05, 3.63) is 76.4 Å². The standard InChI is InChI=1S/C22H17N3S2/c1-14-7-8-16(9-15(14)2)19-12-27-22-20(19)21(24-13-25-22)26-11-18-6-4-3-5-17(18)10-23/h3-9,12-13H,11H2,1-2H3. The normalized spacial score (nSPS) is 10.9. The van der Waals surface area contributed by atoms with E-state index in [9.17, 15) is 5.26 Å². The molecular formula is C22H17N3S2. The molecule has 0 amide bonds. The summed E-state index contributed by atoms with van der Waals surface area (Å²) in [6.45, 7) is 4.26. The number of hydrogen-bond acceptors (Lipinski definition) is 5. The number of thioether (sulfide) groups is 1. The van der Waals surface area contributed by atoms with Gasteiger partial charge in [0.1, 0.15) is 16.2 Å². The van der Waals surface area contributed by atoms with Gasteiger partial charge in [0.2, 0.25) is 0 Å². The van der Waals surface area contributed by atoms with Gasteiger partial charge in [-0.1, -0.05) is 36.4 Å². The lowest BCUT2D eigenvalue weighted by Gasteiger charge is -2.08. The molecule has 2 aromatic carbocycles. The lowest BCUT2D eigenvalue weighted by molar-refractivity contribution is 1.11. The molecule has 4 aromatic rings. The fourth-order valence-electron chi connectivity index (χ4n) is 2.98. The van der Waals surface area contributed by atoms with Gasteiger partial charge in [0, 0.05) is 16.7 Å². The van der Waals surface area contributed by atoms with Gasteiger partial charge >= 0.3 is 0 Å². The van der Waals surface area contributed by atoms with Crippen LogP contribution in [0.25, 0.3) is 21.3 Å². The number of rotatable bonds is 4. The molecule has 132 valence electrons. The Balaban J connectivity index is 1.74. The third-order valence-electron chi connectivity index (χ3n) is 4.66. The highest BCUT2D eigenvalue weighted by Crippen LogP contribution is 2.39. The predicted octanol–water partition coefficient (Wildman–Crippen LogP) is 6.14. The SMILES string of the molecule is Cc1ccc(-c2csc3ncnc(SCc4ccccc4C#N)c23)cc1C. The summed E-state index contributed by atoms with van der Waals surface area (Å²) < 4.78 is 0. The molecule has 0 atom stereocenters. The minimum atomic E-state index is 0.706. The Bertz CT molecular complexity index is 1170. The van der Waals surface area contributed by atoms with E-state index in [1.54, 1.807) is 29.4 Å². The maximum atomic E-state index is 9.31. The molecule has 0 unspecified atom stereocenters. The third-order valence-corrected chi connectivity index (χ3v) is 6.58. The van der Waals surface area contributed by atoms with Crippen LogP contribution in [0.4, 0.5) is 0 Å². The molecule has 0 bridgehead atoms. The molecule has 0 aliphatic heterocycles. The topological polar surface area (TPSA) is 49.6 Å². The summed E-state index contributed by atoms with van der Waals surface area (Å²) in [5.74, 6) is 0.706. The van der Waals surface area contributed by atoms with Crippen LogP contribution in [-0.2, 0) is 5.75 Å². The molecule has 0 fully saturated rings. The van der Waals surface area contributed by atoms with Gasteiger partial charge in [-0.05, 0) is 42.2 Å². The first-order valence-corrected chi connectivity index (χ1v) is 10.4. The van der Waals surface area contributed by atoms with Crippen LogP contribution in [0.1, 0.15) is 22.3 Å². The molecule has 2 heterocycles. The summed E-state index contributed by atoms with van der Waals surface area (Å²) in [4.78, 5) is 10.0. The van der Waals surface area contributed by atoms with Crippen LogP contribution in [0, 0.1) is 25.2 Å². The Morgan fingerprint density at radius 1 is 1.07 bits per heavy atom. The van der Waals surface area contributed by atoms with E-state index in [1.807, 2.05) is 24.3 Å². The van der Waals surface area contributed by atoms with E-state index in [4.69, 9.17) is 0 Å². The molecule has 0 aliphatic rings. The molecule has 0 aliphatic carbocycles. The fourth-order valence-corrected chi connectivity index (χ4v) is 4.98. The third kappa shape index (κ3) is 3.46. The van der Waals surface area contributed by atoms with Crippen molar-refractivity contribution in [2.45, 2.75) is 24.6 Å². The number of fused-ring (bicyclic) bond motifs is 1. The zero-order valence-corrected chi connectivity index (χ0v) is 16.7. The monoisotopic (exact) mass is 387 g/mol. The Morgan fingerprint density at radius 2 is 1.93 bits per heavy atom. The van der Waals surface area contributed by atoms with E-state index in [0.29, 0.717) is 5.75 Å². The maximum absolute atomic E-state index is 9.31. The van der Waals surface area contributed by atoms with Gasteiger partial charge in [0.15, 0.2) is 0 Å². The van der Waals surface area contributed by atoms with Crippen LogP contribution >= 0.6 is 23.1 Å². The molecule has 0 spiro atoms. The van der Waals surface area contributed by atoms with Crippen molar-refractivity contribution in [1.29, 1.82) is 5.26 Å². The number of nitriles is 1. The largest absolute Gasteiger partial charge is 0.229 e. The van der Waals surface area contributed by atoms with Crippen molar-refractivity contribution in [1.82, 2.24) is 9.97 Å². The number of benzene rings is 2. The van der Waals surface area contributed by atoms with Gasteiger partial charge in [-0.25, -0.2) is 9.97 Å². The Hall–Kier alpha value is -2.68. The summed E-state index contributed by atoms with van der Waals surface area (Å²) in [6, 6.07) is 16.5. The smallest absolute Gasteiger partial charge is 0.128 e. The second kappa shape index (κ2) is 7.51. The van der Waals surface area contributed by atoms with Crippen LogP contribution in [0.2, 0.25) is 0 Å². The summed E-state index contributed by atoms with van der Waals surface area (Å²) in [6.07, 6.45) is 1.63. The van der Waals surface area contributed by atoms with Crippen LogP contribution < -0.4 is 0 Å². The number of thiophene rings is 1. The van der Waals surface area contributed by atoms with Gasteiger partial charge in [0.05, 0.1) is 17.0 Å². The van der Waals surface area contributed by atoms with E-state index < -0.39 is 0 Å². The van der Waals surface area contributed by atoms with E-state index in [0.717, 1.165) is 26.4 Å². The quantitative estimate of drug-likeness (QED) is 0.312. The van der Waals surface area contributed by atoms with Gasteiger partial charge in [-0.3, -0.25) is 0 Å². The highest BCUT2D eigenvalue weighted by Gasteiger charge is 2.14. The minimum Gasteiger partial charge on any atom is -0.229 e. The zero-order chi connectivity index (χ0) is 18.8. The van der Waals surface area contributed by atoms with Crippen LogP contribution in [-0.4, -0.2) is 9.97 Å². The molecule has 0 saturated carbocycles. The summed E-state index contributed by atoms with van der Waals surface area (Å²) in [7, 11) is 0. The van der Waals surface area contributed by atoms with Gasteiger partial charge in [0.25, 0.3) is 0 Å². The molecule has 0 saturated heterocycles. The summed E-state index contributed by atoms with van der Waals surface area (Å²) in [5, 5.41) is 13.5. The van der Waals surface area contributed by atoms with E-state index >= 15 is 0 Å². The Labute approximate surface area is 166 Å². The predicted molar refractivity (Wildman–Crippen MR) is 113 cm³/mol. The number of nitrogens with zero attached hydrogens (tertiary/aromatic N) is 3. The van der Waals surface area contributed by atoms with Crippen LogP contribution in [0.15, 0.2) is 59.2 Å². The molecule has 0 N–H and O–H groups in total. The first-order chi connectivity index (χ1) is 13.2. The van der Waals surface area contributed by atoms with Gasteiger partial charge < -0.3 is 0 Å². The average molecular weight is 388 g/mol. The zero-order valence-electron chi connectivity index (χ0n) is 15.1. The lowest BCUT2D eigenvalue weighted by atomic mass is 10.0. The molecule has 0 radical (unpaired) electrons. The van der Waals surface area contributed by atoms with E-state index in [-0.39, 0.29) is 0 Å². The number of aromatic nitrogens is 2. The summed E-state index contributed by atoms with van der Waals surface area (Å²) >= 11 is 3.30. The van der Waals surface area contributed by atoms with E-state index in [2.05, 4.69) is 53.5 Å². The molecule has 3 nitrogen and oxygen atoms in total. The number of hydrogen-bond donors (Lipinski definition) is 0. The maximum Gasteiger partial charge on any atom is 0.128 e. The Kier molecular flexibility index (Phi) is 4.93. The summed E-state index contributed by atoms with van der Waals surface area (Å²) in [5.41, 5.74) is 6.68. The Morgan fingerprint density at radius 3 is 2.74 bits per heavy atom. The molecular weight excluding hydrogens is 370 g/mol. The van der Waals surface area contributed by atoms with E-state index in [1.165, 1.54) is 22.3 Å². The van der Waals surface area contributed by atoms with Crippen molar-refractivity contribution in [3.8, 4) is 17.2 Å². The van der Waals surface area contributed by atoms with Gasteiger partial charge in [-0.15, -0.1) is 23.1 Å². The highest BCUT2D eigenvalue weighted by atomic mass is 32.2. The second-order valence-corrected chi connectivity index (χ2v) is 8.19. The molecule has 2 aromatic heterocycles.